The monoisotopic (exact) mass is 255 g/mol. The number of hydrogen-bond donors (Lipinski definition) is 0. The van der Waals surface area contributed by atoms with Crippen LogP contribution in [0.2, 0.25) is 5.02 Å². The zero-order valence-corrected chi connectivity index (χ0v) is 8.46. The van der Waals surface area contributed by atoms with E-state index in [-0.39, 0.29) is 10.7 Å². The van der Waals surface area contributed by atoms with Gasteiger partial charge in [-0.1, -0.05) is 11.6 Å². The Hall–Kier alpha value is -0.220. The van der Waals surface area contributed by atoms with E-state index in [1.165, 1.54) is 6.20 Å². The van der Waals surface area contributed by atoms with E-state index in [1.54, 1.807) is 6.92 Å². The van der Waals surface area contributed by atoms with E-state index >= 15 is 0 Å². The van der Waals surface area contributed by atoms with E-state index in [2.05, 4.69) is 20.9 Å². The SMILES string of the molecule is Cc1c(Br)cnc(C(F)F)c1Cl. The van der Waals surface area contributed by atoms with Crippen LogP contribution >= 0.6 is 27.5 Å². The highest BCUT2D eigenvalue weighted by molar-refractivity contribution is 9.10. The van der Waals surface area contributed by atoms with Crippen LogP contribution in [0.25, 0.3) is 0 Å². The van der Waals surface area contributed by atoms with Gasteiger partial charge in [0.05, 0.1) is 5.02 Å². The Morgan fingerprint density at radius 1 is 1.58 bits per heavy atom. The Morgan fingerprint density at radius 3 is 2.67 bits per heavy atom. The lowest BCUT2D eigenvalue weighted by atomic mass is 10.2. The number of rotatable bonds is 1. The van der Waals surface area contributed by atoms with E-state index in [0.717, 1.165) is 0 Å². The van der Waals surface area contributed by atoms with Gasteiger partial charge in [-0.2, -0.15) is 0 Å². The molecule has 66 valence electrons. The first-order valence-corrected chi connectivity index (χ1v) is 4.29. The lowest BCUT2D eigenvalue weighted by Crippen LogP contribution is -1.94. The van der Waals surface area contributed by atoms with Gasteiger partial charge < -0.3 is 0 Å². The number of aromatic nitrogens is 1. The molecule has 0 saturated carbocycles. The third kappa shape index (κ3) is 1.75. The Morgan fingerprint density at radius 2 is 2.17 bits per heavy atom. The average Bonchev–Trinajstić information content (AvgIpc) is 2.00. The van der Waals surface area contributed by atoms with Crippen LogP contribution in [0, 0.1) is 6.92 Å². The minimum atomic E-state index is -2.62. The molecule has 0 amide bonds. The number of pyridine rings is 1. The molecule has 12 heavy (non-hydrogen) atoms. The van der Waals surface area contributed by atoms with E-state index in [1.807, 2.05) is 0 Å². The van der Waals surface area contributed by atoms with Crippen molar-refractivity contribution in [2.45, 2.75) is 13.3 Å². The Labute approximate surface area is 81.9 Å². The van der Waals surface area contributed by atoms with Crippen molar-refractivity contribution in [3.8, 4) is 0 Å². The van der Waals surface area contributed by atoms with Gasteiger partial charge in [-0.15, -0.1) is 0 Å². The summed E-state index contributed by atoms with van der Waals surface area (Å²) >= 11 is 8.76. The molecule has 1 rings (SSSR count). The first kappa shape index (κ1) is 9.86. The fourth-order valence-corrected chi connectivity index (χ4v) is 1.38. The van der Waals surface area contributed by atoms with Crippen LogP contribution < -0.4 is 0 Å². The van der Waals surface area contributed by atoms with Crippen molar-refractivity contribution in [2.24, 2.45) is 0 Å². The van der Waals surface area contributed by atoms with Crippen molar-refractivity contribution in [3.05, 3.63) is 26.9 Å². The van der Waals surface area contributed by atoms with E-state index in [0.29, 0.717) is 10.0 Å². The molecule has 0 aliphatic rings. The molecular weight excluding hydrogens is 251 g/mol. The van der Waals surface area contributed by atoms with Crippen LogP contribution in [0.3, 0.4) is 0 Å². The molecule has 0 unspecified atom stereocenters. The van der Waals surface area contributed by atoms with E-state index in [9.17, 15) is 8.78 Å². The van der Waals surface area contributed by atoms with Gasteiger partial charge in [0.15, 0.2) is 0 Å². The first-order valence-electron chi connectivity index (χ1n) is 3.12. The average molecular weight is 256 g/mol. The van der Waals surface area contributed by atoms with Crippen LogP contribution in [0.15, 0.2) is 10.7 Å². The highest BCUT2D eigenvalue weighted by Gasteiger charge is 2.16. The molecule has 0 fully saturated rings. The second-order valence-electron chi connectivity index (χ2n) is 2.23. The standard InChI is InChI=1S/C7H5BrClF2N/c1-3-4(8)2-12-6(5(3)9)7(10)11/h2,7H,1H3. The molecule has 0 bridgehead atoms. The smallest absolute Gasteiger partial charge is 0.253 e. The molecule has 0 atom stereocenters. The summed E-state index contributed by atoms with van der Waals surface area (Å²) in [4.78, 5) is 3.51. The molecule has 0 saturated heterocycles. The van der Waals surface area contributed by atoms with Crippen molar-refractivity contribution < 1.29 is 8.78 Å². The number of alkyl halides is 2. The topological polar surface area (TPSA) is 12.9 Å². The minimum Gasteiger partial charge on any atom is -0.253 e. The lowest BCUT2D eigenvalue weighted by Gasteiger charge is -2.05. The molecule has 0 aliphatic carbocycles. The summed E-state index contributed by atoms with van der Waals surface area (Å²) in [5.74, 6) is 0. The van der Waals surface area contributed by atoms with Crippen molar-refractivity contribution in [1.29, 1.82) is 0 Å². The predicted octanol–water partition coefficient (Wildman–Crippen LogP) is 3.74. The van der Waals surface area contributed by atoms with Gasteiger partial charge in [-0.25, -0.2) is 8.78 Å². The van der Waals surface area contributed by atoms with Crippen molar-refractivity contribution in [1.82, 2.24) is 4.98 Å². The number of halogens is 4. The summed E-state index contributed by atoms with van der Waals surface area (Å²) < 4.78 is 25.0. The molecule has 0 N–H and O–H groups in total. The van der Waals surface area contributed by atoms with Crippen molar-refractivity contribution in [3.63, 3.8) is 0 Å². The zero-order valence-electron chi connectivity index (χ0n) is 6.11. The van der Waals surface area contributed by atoms with Crippen LogP contribution in [-0.4, -0.2) is 4.98 Å². The third-order valence-electron chi connectivity index (χ3n) is 1.44. The van der Waals surface area contributed by atoms with Gasteiger partial charge in [-0.05, 0) is 28.4 Å². The van der Waals surface area contributed by atoms with E-state index < -0.39 is 6.43 Å². The summed E-state index contributed by atoms with van der Waals surface area (Å²) in [7, 11) is 0. The minimum absolute atomic E-state index is 0.0272. The maximum atomic E-state index is 12.2. The normalized spacial score (nSPS) is 10.8. The Kier molecular flexibility index (Phi) is 3.01. The largest absolute Gasteiger partial charge is 0.281 e. The number of hydrogen-bond acceptors (Lipinski definition) is 1. The van der Waals surface area contributed by atoms with Gasteiger partial charge in [0, 0.05) is 10.7 Å². The molecule has 1 aromatic heterocycles. The van der Waals surface area contributed by atoms with Gasteiger partial charge in [0.25, 0.3) is 6.43 Å². The van der Waals surface area contributed by atoms with Gasteiger partial charge in [0.1, 0.15) is 5.69 Å². The van der Waals surface area contributed by atoms with Gasteiger partial charge in [-0.3, -0.25) is 4.98 Å². The highest BCUT2D eigenvalue weighted by atomic mass is 79.9. The summed E-state index contributed by atoms with van der Waals surface area (Å²) in [5, 5.41) is 0.0272. The number of nitrogens with zero attached hydrogens (tertiary/aromatic N) is 1. The summed E-state index contributed by atoms with van der Waals surface area (Å²) in [6, 6.07) is 0. The zero-order chi connectivity index (χ0) is 9.30. The fourth-order valence-electron chi connectivity index (χ4n) is 0.729. The second kappa shape index (κ2) is 3.66. The van der Waals surface area contributed by atoms with Crippen molar-refractivity contribution in [2.75, 3.05) is 0 Å². The van der Waals surface area contributed by atoms with Crippen LogP contribution in [-0.2, 0) is 0 Å². The lowest BCUT2D eigenvalue weighted by molar-refractivity contribution is 0.146. The molecule has 0 spiro atoms. The fraction of sp³-hybridized carbons (Fsp3) is 0.286. The molecule has 0 radical (unpaired) electrons. The van der Waals surface area contributed by atoms with Crippen LogP contribution in [0.5, 0.6) is 0 Å². The summed E-state index contributed by atoms with van der Waals surface area (Å²) in [6.07, 6.45) is -1.30. The third-order valence-corrected chi connectivity index (χ3v) is 2.71. The molecule has 1 aromatic rings. The van der Waals surface area contributed by atoms with Crippen LogP contribution in [0.4, 0.5) is 8.78 Å². The molecule has 1 nitrogen and oxygen atoms in total. The Bertz CT molecular complexity index is 304. The molecule has 0 aliphatic heterocycles. The molecule has 5 heteroatoms. The summed E-state index contributed by atoms with van der Waals surface area (Å²) in [6.45, 7) is 1.65. The predicted molar refractivity (Wildman–Crippen MR) is 46.6 cm³/mol. The molecule has 0 aromatic carbocycles. The maximum Gasteiger partial charge on any atom is 0.281 e. The summed E-state index contributed by atoms with van der Waals surface area (Å²) in [5.41, 5.74) is 0.222. The van der Waals surface area contributed by atoms with Crippen molar-refractivity contribution >= 4 is 27.5 Å². The Balaban J connectivity index is 3.27. The van der Waals surface area contributed by atoms with E-state index in [4.69, 9.17) is 11.6 Å². The van der Waals surface area contributed by atoms with Gasteiger partial charge >= 0.3 is 0 Å². The maximum absolute atomic E-state index is 12.2. The molecular formula is C7H5BrClF2N. The van der Waals surface area contributed by atoms with Gasteiger partial charge in [0.2, 0.25) is 0 Å². The quantitative estimate of drug-likeness (QED) is 0.746. The highest BCUT2D eigenvalue weighted by Crippen LogP contribution is 2.30. The first-order chi connectivity index (χ1) is 5.54. The molecule has 1 heterocycles. The van der Waals surface area contributed by atoms with Crippen LogP contribution in [0.1, 0.15) is 17.7 Å². The second-order valence-corrected chi connectivity index (χ2v) is 3.46.